The monoisotopic (exact) mass is 321 g/mol. The van der Waals surface area contributed by atoms with E-state index < -0.39 is 17.2 Å². The molecule has 0 aromatic carbocycles. The third kappa shape index (κ3) is 1.92. The summed E-state index contributed by atoms with van der Waals surface area (Å²) in [5, 5.41) is 21.8. The van der Waals surface area contributed by atoms with Crippen LogP contribution in [0.5, 0.6) is 0 Å². The van der Waals surface area contributed by atoms with E-state index in [1.165, 1.54) is 0 Å². The van der Waals surface area contributed by atoms with Crippen molar-refractivity contribution in [3.8, 4) is 0 Å². The Labute approximate surface area is 137 Å². The number of hydrogen-bond donors (Lipinski definition) is 3. The molecule has 0 saturated heterocycles. The van der Waals surface area contributed by atoms with Gasteiger partial charge in [0.2, 0.25) is 0 Å². The maximum atomic E-state index is 14.3. The lowest BCUT2D eigenvalue weighted by atomic mass is 9.44. The molecule has 0 aliphatic heterocycles. The summed E-state index contributed by atoms with van der Waals surface area (Å²) in [6.45, 7) is 4.28. The van der Waals surface area contributed by atoms with Crippen molar-refractivity contribution < 1.29 is 14.6 Å². The number of allylic oxidation sites excluding steroid dienone is 3. The first kappa shape index (κ1) is 15.8. The van der Waals surface area contributed by atoms with Crippen LogP contribution in [0.2, 0.25) is 0 Å². The van der Waals surface area contributed by atoms with E-state index in [4.69, 9.17) is 5.73 Å². The molecule has 128 valence electrons. The van der Waals surface area contributed by atoms with Gasteiger partial charge in [0.25, 0.3) is 0 Å². The topological polar surface area (TPSA) is 66.5 Å². The molecule has 0 aromatic rings. The van der Waals surface area contributed by atoms with Gasteiger partial charge < -0.3 is 15.9 Å². The Morgan fingerprint density at radius 2 is 2.00 bits per heavy atom. The van der Waals surface area contributed by atoms with Crippen LogP contribution in [0.25, 0.3) is 0 Å². The van der Waals surface area contributed by atoms with Crippen molar-refractivity contribution in [1.29, 1.82) is 0 Å². The van der Waals surface area contributed by atoms with E-state index >= 15 is 0 Å². The van der Waals surface area contributed by atoms with Crippen molar-refractivity contribution in [3.63, 3.8) is 0 Å². The van der Waals surface area contributed by atoms with Crippen LogP contribution < -0.4 is 5.73 Å². The molecule has 0 heterocycles. The van der Waals surface area contributed by atoms with Crippen LogP contribution in [0.3, 0.4) is 0 Å². The highest BCUT2D eigenvalue weighted by Crippen LogP contribution is 2.66. The molecule has 3 nitrogen and oxygen atoms in total. The molecule has 23 heavy (non-hydrogen) atoms. The number of halogens is 1. The van der Waals surface area contributed by atoms with Gasteiger partial charge in [0.15, 0.2) is 5.79 Å². The van der Waals surface area contributed by atoms with Crippen molar-refractivity contribution in [2.24, 2.45) is 40.2 Å². The molecule has 0 bridgehead atoms. The lowest BCUT2D eigenvalue weighted by Crippen LogP contribution is -2.63. The van der Waals surface area contributed by atoms with Gasteiger partial charge in [-0.1, -0.05) is 26.0 Å². The van der Waals surface area contributed by atoms with Crippen molar-refractivity contribution in [2.75, 3.05) is 0 Å². The summed E-state index contributed by atoms with van der Waals surface area (Å²) < 4.78 is 14.3. The number of hydrogen-bond acceptors (Lipinski definition) is 3. The van der Waals surface area contributed by atoms with Gasteiger partial charge in [-0.15, -0.1) is 0 Å². The van der Waals surface area contributed by atoms with E-state index in [1.807, 2.05) is 6.92 Å². The predicted octanol–water partition coefficient (Wildman–Crippen LogP) is 2.89. The third-order valence-corrected chi connectivity index (χ3v) is 7.84. The van der Waals surface area contributed by atoms with Gasteiger partial charge in [-0.3, -0.25) is 0 Å². The summed E-state index contributed by atoms with van der Waals surface area (Å²) in [5.74, 6) is -2.09. The van der Waals surface area contributed by atoms with Crippen molar-refractivity contribution in [2.45, 2.75) is 57.8 Å². The summed E-state index contributed by atoms with van der Waals surface area (Å²) >= 11 is 0. The number of rotatable bonds is 0. The number of fused-ring (bicyclic) bond motifs is 5. The molecule has 0 spiro atoms. The lowest BCUT2D eigenvalue weighted by Gasteiger charge is -2.62. The Morgan fingerprint density at radius 1 is 1.26 bits per heavy atom. The van der Waals surface area contributed by atoms with E-state index in [0.29, 0.717) is 6.42 Å². The smallest absolute Gasteiger partial charge is 0.166 e. The fourth-order valence-corrected chi connectivity index (χ4v) is 6.36. The highest BCUT2D eigenvalue weighted by atomic mass is 19.1. The van der Waals surface area contributed by atoms with Gasteiger partial charge in [0.05, 0.1) is 6.04 Å². The van der Waals surface area contributed by atoms with Crippen LogP contribution in [-0.4, -0.2) is 22.0 Å². The summed E-state index contributed by atoms with van der Waals surface area (Å²) in [4.78, 5) is 0. The molecule has 2 saturated carbocycles. The Hall–Kier alpha value is -0.710. The first-order chi connectivity index (χ1) is 10.7. The zero-order chi connectivity index (χ0) is 16.6. The number of aliphatic hydroxyl groups is 2. The molecule has 0 amide bonds. The molecule has 7 atom stereocenters. The highest BCUT2D eigenvalue weighted by Gasteiger charge is 2.65. The fourth-order valence-electron chi connectivity index (χ4n) is 6.36. The van der Waals surface area contributed by atoms with Crippen molar-refractivity contribution >= 4 is 0 Å². The molecule has 0 radical (unpaired) electrons. The molecule has 4 heteroatoms. The van der Waals surface area contributed by atoms with E-state index in [1.54, 1.807) is 6.08 Å². The summed E-state index contributed by atoms with van der Waals surface area (Å²) in [5.41, 5.74) is 5.70. The minimum atomic E-state index is -1.73. The van der Waals surface area contributed by atoms with Crippen LogP contribution >= 0.6 is 0 Å². The quantitative estimate of drug-likeness (QED) is 0.475. The van der Waals surface area contributed by atoms with Crippen molar-refractivity contribution in [1.82, 2.24) is 0 Å². The standard InChI is InChI=1S/C19H28FNO2/c1-17-7-4-3-5-11(17)10-19(22,23)15-12(17)6-8-18(2)13(15)9-14(20)16(18)21/h4,7,9,11-13,15-16,22-23H,3,5-6,8,10,21H2,1-2H3/t11?,12-,13+,15-,16?,17+,18+/m1/s1. The van der Waals surface area contributed by atoms with Crippen molar-refractivity contribution in [3.05, 3.63) is 24.1 Å². The summed E-state index contributed by atoms with van der Waals surface area (Å²) in [6, 6.07) is -0.614. The van der Waals surface area contributed by atoms with Gasteiger partial charge in [-0.2, -0.15) is 0 Å². The van der Waals surface area contributed by atoms with Gasteiger partial charge in [-0.25, -0.2) is 4.39 Å². The predicted molar refractivity (Wildman–Crippen MR) is 86.7 cm³/mol. The Balaban J connectivity index is 1.81. The maximum absolute atomic E-state index is 14.3. The van der Waals surface area contributed by atoms with Gasteiger partial charge in [0.1, 0.15) is 5.83 Å². The second kappa shape index (κ2) is 4.68. The van der Waals surface area contributed by atoms with Gasteiger partial charge in [0, 0.05) is 12.3 Å². The average molecular weight is 321 g/mol. The highest BCUT2D eigenvalue weighted by molar-refractivity contribution is 5.27. The first-order valence-electron chi connectivity index (χ1n) is 8.95. The number of nitrogens with two attached hydrogens (primary N) is 1. The second-order valence-electron chi connectivity index (χ2n) is 8.86. The molecular formula is C19H28FNO2. The molecule has 2 unspecified atom stereocenters. The second-order valence-corrected chi connectivity index (χ2v) is 8.86. The summed E-state index contributed by atoms with van der Waals surface area (Å²) in [7, 11) is 0. The fraction of sp³-hybridized carbons (Fsp3) is 0.789. The molecule has 4 aliphatic rings. The van der Waals surface area contributed by atoms with E-state index in [2.05, 4.69) is 19.1 Å². The minimum absolute atomic E-state index is 0.0177. The molecular weight excluding hydrogens is 293 g/mol. The normalized spacial score (nSPS) is 54.0. The molecule has 2 fully saturated rings. The van der Waals surface area contributed by atoms with E-state index in [9.17, 15) is 14.6 Å². The zero-order valence-corrected chi connectivity index (χ0v) is 14.0. The Morgan fingerprint density at radius 3 is 2.74 bits per heavy atom. The molecule has 0 aromatic heterocycles. The lowest BCUT2D eigenvalue weighted by molar-refractivity contribution is -0.288. The van der Waals surface area contributed by atoms with Crippen LogP contribution in [0.4, 0.5) is 4.39 Å². The average Bonchev–Trinajstić information content (AvgIpc) is 2.71. The van der Waals surface area contributed by atoms with Crippen LogP contribution in [0.1, 0.15) is 46.0 Å². The van der Waals surface area contributed by atoms with Crippen LogP contribution in [0.15, 0.2) is 24.1 Å². The van der Waals surface area contributed by atoms with E-state index in [0.717, 1.165) is 25.7 Å². The van der Waals surface area contributed by atoms with Gasteiger partial charge >= 0.3 is 0 Å². The SMILES string of the molecule is C[C@]12C=CCCC1CC(O)(O)[C@@H]1[C@H]2CC[C@]2(C)C(N)C(F)=C[C@@H]12. The zero-order valence-electron chi connectivity index (χ0n) is 14.0. The van der Waals surface area contributed by atoms with Crippen LogP contribution in [-0.2, 0) is 0 Å². The van der Waals surface area contributed by atoms with E-state index in [-0.39, 0.29) is 34.9 Å². The van der Waals surface area contributed by atoms with Gasteiger partial charge in [-0.05, 0) is 60.3 Å². The third-order valence-electron chi connectivity index (χ3n) is 7.84. The molecule has 4 rings (SSSR count). The molecule has 4 N–H and O–H groups in total. The largest absolute Gasteiger partial charge is 0.365 e. The summed E-state index contributed by atoms with van der Waals surface area (Å²) in [6.07, 6.45) is 10.2. The molecule has 4 aliphatic carbocycles. The minimum Gasteiger partial charge on any atom is -0.365 e. The Kier molecular flexibility index (Phi) is 3.21. The maximum Gasteiger partial charge on any atom is 0.166 e. The Bertz CT molecular complexity index is 586. The first-order valence-corrected chi connectivity index (χ1v) is 8.95. The van der Waals surface area contributed by atoms with Crippen LogP contribution in [0, 0.1) is 34.5 Å².